The summed E-state index contributed by atoms with van der Waals surface area (Å²) in [4.78, 5) is 27.2. The SMILES string of the molecule is CSc1ccc2[nH]cc(C(C)=O)c(=O)c2c1. The highest BCUT2D eigenvalue weighted by Crippen LogP contribution is 2.18. The van der Waals surface area contributed by atoms with Crippen LogP contribution < -0.4 is 5.43 Å². The summed E-state index contributed by atoms with van der Waals surface area (Å²) in [6, 6.07) is 5.61. The normalized spacial score (nSPS) is 10.6. The van der Waals surface area contributed by atoms with Gasteiger partial charge in [0.05, 0.1) is 5.56 Å². The van der Waals surface area contributed by atoms with Gasteiger partial charge in [-0.05, 0) is 31.4 Å². The van der Waals surface area contributed by atoms with Gasteiger partial charge in [-0.25, -0.2) is 0 Å². The van der Waals surface area contributed by atoms with Crippen LogP contribution in [0.2, 0.25) is 0 Å². The summed E-state index contributed by atoms with van der Waals surface area (Å²) >= 11 is 1.57. The Balaban J connectivity index is 2.81. The number of nitrogens with one attached hydrogen (secondary N) is 1. The van der Waals surface area contributed by atoms with E-state index in [9.17, 15) is 9.59 Å². The maximum Gasteiger partial charge on any atom is 0.200 e. The van der Waals surface area contributed by atoms with Gasteiger partial charge in [0, 0.05) is 22.0 Å². The molecule has 82 valence electrons. The van der Waals surface area contributed by atoms with E-state index in [1.54, 1.807) is 11.8 Å². The van der Waals surface area contributed by atoms with Gasteiger partial charge in [-0.3, -0.25) is 9.59 Å². The second-order valence-electron chi connectivity index (χ2n) is 3.50. The van der Waals surface area contributed by atoms with E-state index in [1.165, 1.54) is 13.1 Å². The first-order chi connectivity index (χ1) is 7.63. The van der Waals surface area contributed by atoms with Crippen molar-refractivity contribution in [3.63, 3.8) is 0 Å². The first kappa shape index (κ1) is 11.0. The van der Waals surface area contributed by atoms with Crippen LogP contribution in [-0.2, 0) is 0 Å². The fourth-order valence-electron chi connectivity index (χ4n) is 1.59. The van der Waals surface area contributed by atoms with E-state index < -0.39 is 0 Å². The molecule has 16 heavy (non-hydrogen) atoms. The summed E-state index contributed by atoms with van der Waals surface area (Å²) in [5.41, 5.74) is 0.774. The average molecular weight is 233 g/mol. The number of pyridine rings is 1. The van der Waals surface area contributed by atoms with E-state index >= 15 is 0 Å². The van der Waals surface area contributed by atoms with Crippen LogP contribution in [-0.4, -0.2) is 17.0 Å². The molecular weight excluding hydrogens is 222 g/mol. The minimum absolute atomic E-state index is 0.197. The molecule has 0 saturated carbocycles. The lowest BCUT2D eigenvalue weighted by molar-refractivity contribution is 0.101. The number of hydrogen-bond acceptors (Lipinski definition) is 3. The van der Waals surface area contributed by atoms with Gasteiger partial charge in [-0.15, -0.1) is 11.8 Å². The van der Waals surface area contributed by atoms with Gasteiger partial charge >= 0.3 is 0 Å². The number of rotatable bonds is 2. The lowest BCUT2D eigenvalue weighted by Crippen LogP contribution is -2.13. The Labute approximate surface area is 96.9 Å². The molecule has 0 spiro atoms. The average Bonchev–Trinajstić information content (AvgIpc) is 2.28. The topological polar surface area (TPSA) is 49.9 Å². The Morgan fingerprint density at radius 1 is 1.38 bits per heavy atom. The van der Waals surface area contributed by atoms with Crippen molar-refractivity contribution in [2.24, 2.45) is 0 Å². The predicted octanol–water partition coefficient (Wildman–Crippen LogP) is 2.45. The Bertz CT molecular complexity index is 616. The first-order valence-electron chi connectivity index (χ1n) is 4.84. The molecule has 1 heterocycles. The van der Waals surface area contributed by atoms with E-state index in [4.69, 9.17) is 0 Å². The van der Waals surface area contributed by atoms with Crippen molar-refractivity contribution < 1.29 is 4.79 Å². The Morgan fingerprint density at radius 2 is 2.12 bits per heavy atom. The number of H-pyrrole nitrogens is 1. The highest BCUT2D eigenvalue weighted by molar-refractivity contribution is 7.98. The minimum atomic E-state index is -0.210. The quantitative estimate of drug-likeness (QED) is 0.640. The van der Waals surface area contributed by atoms with E-state index in [0.717, 1.165) is 10.4 Å². The van der Waals surface area contributed by atoms with Gasteiger partial charge in [0.15, 0.2) is 11.2 Å². The molecular formula is C12H11NO2S. The third kappa shape index (κ3) is 1.76. The van der Waals surface area contributed by atoms with Gasteiger partial charge in [0.2, 0.25) is 0 Å². The van der Waals surface area contributed by atoms with Crippen molar-refractivity contribution in [1.82, 2.24) is 4.98 Å². The van der Waals surface area contributed by atoms with Crippen molar-refractivity contribution in [2.75, 3.05) is 6.26 Å². The third-order valence-corrected chi connectivity index (χ3v) is 3.19. The lowest BCUT2D eigenvalue weighted by atomic mass is 10.1. The molecule has 0 aliphatic rings. The minimum Gasteiger partial charge on any atom is -0.360 e. The third-order valence-electron chi connectivity index (χ3n) is 2.47. The summed E-state index contributed by atoms with van der Waals surface area (Å²) in [5, 5.41) is 0.569. The van der Waals surface area contributed by atoms with E-state index in [-0.39, 0.29) is 16.8 Å². The summed E-state index contributed by atoms with van der Waals surface area (Å²) in [7, 11) is 0. The second kappa shape index (κ2) is 4.14. The molecule has 1 aromatic heterocycles. The molecule has 0 unspecified atom stereocenters. The van der Waals surface area contributed by atoms with Gasteiger partial charge in [0.1, 0.15) is 0 Å². The molecule has 1 N–H and O–H groups in total. The Kier molecular flexibility index (Phi) is 2.83. The van der Waals surface area contributed by atoms with Crippen LogP contribution in [0.1, 0.15) is 17.3 Å². The van der Waals surface area contributed by atoms with Gasteiger partial charge in [0.25, 0.3) is 0 Å². The molecule has 0 bridgehead atoms. The summed E-state index contributed by atoms with van der Waals surface area (Å²) < 4.78 is 0. The van der Waals surface area contributed by atoms with Crippen molar-refractivity contribution >= 4 is 28.4 Å². The summed E-state index contributed by atoms with van der Waals surface area (Å²) in [5.74, 6) is -0.210. The van der Waals surface area contributed by atoms with Crippen LogP contribution >= 0.6 is 11.8 Å². The molecule has 0 fully saturated rings. The maximum atomic E-state index is 12.0. The zero-order valence-corrected chi connectivity index (χ0v) is 9.85. The number of fused-ring (bicyclic) bond motifs is 1. The molecule has 1 aromatic carbocycles. The largest absolute Gasteiger partial charge is 0.360 e. The molecule has 3 nitrogen and oxygen atoms in total. The van der Waals surface area contributed by atoms with Gasteiger partial charge in [-0.1, -0.05) is 0 Å². The number of ketones is 1. The molecule has 4 heteroatoms. The smallest absolute Gasteiger partial charge is 0.200 e. The second-order valence-corrected chi connectivity index (χ2v) is 4.38. The molecule has 0 aliphatic carbocycles. The molecule has 0 atom stereocenters. The van der Waals surface area contributed by atoms with Crippen LogP contribution in [0, 0.1) is 0 Å². The molecule has 2 aromatic rings. The van der Waals surface area contributed by atoms with Crippen LogP contribution in [0.4, 0.5) is 0 Å². The number of carbonyl (C=O) groups excluding carboxylic acids is 1. The fraction of sp³-hybridized carbons (Fsp3) is 0.167. The zero-order chi connectivity index (χ0) is 11.7. The van der Waals surface area contributed by atoms with Crippen LogP contribution in [0.5, 0.6) is 0 Å². The van der Waals surface area contributed by atoms with E-state index in [2.05, 4.69) is 4.98 Å². The Morgan fingerprint density at radius 3 is 2.75 bits per heavy atom. The zero-order valence-electron chi connectivity index (χ0n) is 9.03. The number of thioether (sulfide) groups is 1. The van der Waals surface area contributed by atoms with Crippen molar-refractivity contribution in [3.8, 4) is 0 Å². The van der Waals surface area contributed by atoms with Crippen LogP contribution in [0.15, 0.2) is 34.1 Å². The Hall–Kier alpha value is -1.55. The number of Topliss-reactive ketones (excluding diaryl/α,β-unsaturated/α-hetero) is 1. The van der Waals surface area contributed by atoms with Crippen molar-refractivity contribution in [3.05, 3.63) is 40.2 Å². The van der Waals surface area contributed by atoms with Crippen molar-refractivity contribution in [2.45, 2.75) is 11.8 Å². The highest BCUT2D eigenvalue weighted by Gasteiger charge is 2.08. The predicted molar refractivity (Wildman–Crippen MR) is 66.4 cm³/mol. The number of hydrogen-bond donors (Lipinski definition) is 1. The fourth-order valence-corrected chi connectivity index (χ4v) is 2.03. The molecule has 0 saturated heterocycles. The molecule has 0 radical (unpaired) electrons. The number of carbonyl (C=O) groups is 1. The first-order valence-corrected chi connectivity index (χ1v) is 6.06. The van der Waals surface area contributed by atoms with Gasteiger partial charge in [-0.2, -0.15) is 0 Å². The summed E-state index contributed by atoms with van der Waals surface area (Å²) in [6.07, 6.45) is 3.43. The lowest BCUT2D eigenvalue weighted by Gasteiger charge is -2.02. The number of aromatic amines is 1. The monoisotopic (exact) mass is 233 g/mol. The maximum absolute atomic E-state index is 12.0. The molecule has 2 rings (SSSR count). The number of aromatic nitrogens is 1. The van der Waals surface area contributed by atoms with Crippen LogP contribution in [0.3, 0.4) is 0 Å². The summed E-state index contributed by atoms with van der Waals surface area (Å²) in [6.45, 7) is 1.40. The van der Waals surface area contributed by atoms with E-state index in [0.29, 0.717) is 5.39 Å². The number of benzene rings is 1. The molecule has 0 amide bonds. The van der Waals surface area contributed by atoms with Crippen LogP contribution in [0.25, 0.3) is 10.9 Å². The van der Waals surface area contributed by atoms with Crippen molar-refractivity contribution in [1.29, 1.82) is 0 Å². The van der Waals surface area contributed by atoms with E-state index in [1.807, 2.05) is 24.5 Å². The molecule has 0 aliphatic heterocycles. The standard InChI is InChI=1S/C12H11NO2S/c1-7(14)10-6-13-11-4-3-8(16-2)5-9(11)12(10)15/h3-6H,1-2H3,(H,13,15). The highest BCUT2D eigenvalue weighted by atomic mass is 32.2. The van der Waals surface area contributed by atoms with Gasteiger partial charge < -0.3 is 4.98 Å².